The van der Waals surface area contributed by atoms with E-state index in [0.29, 0.717) is 5.84 Å². The fourth-order valence-corrected chi connectivity index (χ4v) is 0.660. The smallest absolute Gasteiger partial charge is 0.165 e. The van der Waals surface area contributed by atoms with Gasteiger partial charge >= 0.3 is 0 Å². The lowest BCUT2D eigenvalue weighted by Gasteiger charge is -2.09. The SMILES string of the molecule is NC1=NC(S)NC=C1. The summed E-state index contributed by atoms with van der Waals surface area (Å²) in [6.07, 6.45) is 3.41. The minimum absolute atomic E-state index is 0.167. The monoisotopic (exact) mass is 129 g/mol. The second-order valence-electron chi connectivity index (χ2n) is 1.43. The molecule has 1 atom stereocenters. The van der Waals surface area contributed by atoms with Crippen LogP contribution < -0.4 is 11.1 Å². The second-order valence-corrected chi connectivity index (χ2v) is 1.92. The van der Waals surface area contributed by atoms with E-state index >= 15 is 0 Å². The molecule has 0 spiro atoms. The largest absolute Gasteiger partial charge is 0.384 e. The van der Waals surface area contributed by atoms with Crippen LogP contribution in [0.4, 0.5) is 0 Å². The summed E-state index contributed by atoms with van der Waals surface area (Å²) >= 11 is 3.99. The molecule has 44 valence electrons. The van der Waals surface area contributed by atoms with E-state index in [2.05, 4.69) is 22.9 Å². The van der Waals surface area contributed by atoms with E-state index in [1.807, 2.05) is 0 Å². The lowest BCUT2D eigenvalue weighted by Crippen LogP contribution is -2.25. The molecule has 3 nitrogen and oxygen atoms in total. The number of nitrogens with one attached hydrogen (secondary N) is 1. The topological polar surface area (TPSA) is 50.4 Å². The van der Waals surface area contributed by atoms with E-state index in [4.69, 9.17) is 5.73 Å². The highest BCUT2D eigenvalue weighted by Gasteiger charge is 1.98. The molecule has 0 bridgehead atoms. The minimum atomic E-state index is -0.167. The Morgan fingerprint density at radius 2 is 2.62 bits per heavy atom. The lowest BCUT2D eigenvalue weighted by atomic mass is 10.5. The van der Waals surface area contributed by atoms with Crippen molar-refractivity contribution < 1.29 is 0 Å². The molecule has 0 saturated heterocycles. The Bertz CT molecular complexity index is 140. The third-order valence-electron chi connectivity index (χ3n) is 0.771. The molecular weight excluding hydrogens is 122 g/mol. The average molecular weight is 129 g/mol. The number of nitrogens with zero attached hydrogens (tertiary/aromatic N) is 1. The molecule has 1 aliphatic rings. The Morgan fingerprint density at radius 3 is 3.00 bits per heavy atom. The standard InChI is InChI=1S/C4H7N3S/c5-3-1-2-6-4(8)7-3/h1-2,4,6,8H,(H2,5,7). The number of hydrogen-bond acceptors (Lipinski definition) is 4. The molecule has 1 rings (SSSR count). The maximum atomic E-state index is 5.30. The summed E-state index contributed by atoms with van der Waals surface area (Å²) < 4.78 is 0. The van der Waals surface area contributed by atoms with Crippen LogP contribution in [-0.2, 0) is 0 Å². The summed E-state index contributed by atoms with van der Waals surface area (Å²) in [6.45, 7) is 0. The van der Waals surface area contributed by atoms with E-state index in [1.165, 1.54) is 0 Å². The molecule has 0 fully saturated rings. The first kappa shape index (κ1) is 5.50. The third kappa shape index (κ3) is 1.16. The fraction of sp³-hybridized carbons (Fsp3) is 0.250. The number of nitrogens with two attached hydrogens (primary N) is 1. The maximum Gasteiger partial charge on any atom is 0.165 e. The third-order valence-corrected chi connectivity index (χ3v) is 1.04. The number of rotatable bonds is 0. The normalized spacial score (nSPS) is 26.6. The second kappa shape index (κ2) is 2.09. The van der Waals surface area contributed by atoms with Crippen molar-refractivity contribution in [3.8, 4) is 0 Å². The predicted octanol–water partition coefficient (Wildman–Crippen LogP) is -0.326. The Kier molecular flexibility index (Phi) is 1.43. The van der Waals surface area contributed by atoms with Gasteiger partial charge in [0.25, 0.3) is 0 Å². The van der Waals surface area contributed by atoms with E-state index < -0.39 is 0 Å². The lowest BCUT2D eigenvalue weighted by molar-refractivity contribution is 0.816. The molecule has 8 heavy (non-hydrogen) atoms. The van der Waals surface area contributed by atoms with Crippen molar-refractivity contribution in [3.05, 3.63) is 12.3 Å². The van der Waals surface area contributed by atoms with E-state index in [0.717, 1.165) is 0 Å². The van der Waals surface area contributed by atoms with Crippen LogP contribution in [0.15, 0.2) is 17.3 Å². The molecule has 3 N–H and O–H groups in total. The fourth-order valence-electron chi connectivity index (χ4n) is 0.441. The van der Waals surface area contributed by atoms with Gasteiger partial charge in [-0.05, 0) is 6.08 Å². The van der Waals surface area contributed by atoms with Gasteiger partial charge in [-0.1, -0.05) is 0 Å². The van der Waals surface area contributed by atoms with Crippen molar-refractivity contribution in [2.45, 2.75) is 5.50 Å². The van der Waals surface area contributed by atoms with Crippen molar-refractivity contribution >= 4 is 18.5 Å². The minimum Gasteiger partial charge on any atom is -0.384 e. The molecule has 0 saturated carbocycles. The van der Waals surface area contributed by atoms with Gasteiger partial charge in [0.05, 0.1) is 0 Å². The van der Waals surface area contributed by atoms with Crippen molar-refractivity contribution in [1.82, 2.24) is 5.32 Å². The highest BCUT2D eigenvalue weighted by molar-refractivity contribution is 7.80. The summed E-state index contributed by atoms with van der Waals surface area (Å²) in [5.41, 5.74) is 5.13. The molecule has 0 aromatic rings. The highest BCUT2D eigenvalue weighted by Crippen LogP contribution is 1.95. The molecule has 0 aromatic heterocycles. The van der Waals surface area contributed by atoms with Crippen LogP contribution in [0.2, 0.25) is 0 Å². The summed E-state index contributed by atoms with van der Waals surface area (Å²) in [6, 6.07) is 0. The number of aliphatic imine (C=N–C) groups is 1. The molecule has 0 radical (unpaired) electrons. The zero-order valence-corrected chi connectivity index (χ0v) is 5.10. The number of hydrogen-bond donors (Lipinski definition) is 3. The van der Waals surface area contributed by atoms with Crippen LogP contribution in [0.5, 0.6) is 0 Å². The predicted molar refractivity (Wildman–Crippen MR) is 36.7 cm³/mol. The Balaban J connectivity index is 2.63. The first-order valence-electron chi connectivity index (χ1n) is 2.23. The molecule has 0 amide bonds. The summed E-state index contributed by atoms with van der Waals surface area (Å²) in [4.78, 5) is 3.84. The highest BCUT2D eigenvalue weighted by atomic mass is 32.1. The van der Waals surface area contributed by atoms with Gasteiger partial charge in [0, 0.05) is 6.20 Å². The zero-order chi connectivity index (χ0) is 5.98. The van der Waals surface area contributed by atoms with Gasteiger partial charge in [-0.3, -0.25) is 0 Å². The first-order chi connectivity index (χ1) is 3.79. The van der Waals surface area contributed by atoms with E-state index in [9.17, 15) is 0 Å². The summed E-state index contributed by atoms with van der Waals surface area (Å²) in [7, 11) is 0. The quantitative estimate of drug-likeness (QED) is 0.392. The first-order valence-corrected chi connectivity index (χ1v) is 2.74. The van der Waals surface area contributed by atoms with Gasteiger partial charge in [-0.15, -0.1) is 12.6 Å². The molecule has 0 aliphatic carbocycles. The van der Waals surface area contributed by atoms with Crippen LogP contribution in [-0.4, -0.2) is 11.3 Å². The molecule has 0 aromatic carbocycles. The van der Waals surface area contributed by atoms with Gasteiger partial charge in [0.2, 0.25) is 0 Å². The van der Waals surface area contributed by atoms with Gasteiger partial charge in [0.1, 0.15) is 5.84 Å². The summed E-state index contributed by atoms with van der Waals surface area (Å²) in [5.74, 6) is 0.517. The van der Waals surface area contributed by atoms with Gasteiger partial charge in [-0.25, -0.2) is 4.99 Å². The van der Waals surface area contributed by atoms with Gasteiger partial charge < -0.3 is 11.1 Å². The Hall–Kier alpha value is -0.640. The van der Waals surface area contributed by atoms with E-state index in [1.54, 1.807) is 12.3 Å². The molecule has 1 heterocycles. The number of thiol groups is 1. The Labute approximate surface area is 53.1 Å². The van der Waals surface area contributed by atoms with Crippen molar-refractivity contribution in [3.63, 3.8) is 0 Å². The van der Waals surface area contributed by atoms with Crippen molar-refractivity contribution in [2.24, 2.45) is 10.7 Å². The maximum absolute atomic E-state index is 5.30. The molecule has 1 unspecified atom stereocenters. The molecular formula is C4H7N3S. The van der Waals surface area contributed by atoms with Crippen LogP contribution in [0.25, 0.3) is 0 Å². The van der Waals surface area contributed by atoms with Crippen LogP contribution in [0.1, 0.15) is 0 Å². The van der Waals surface area contributed by atoms with Crippen molar-refractivity contribution in [2.75, 3.05) is 0 Å². The van der Waals surface area contributed by atoms with Crippen LogP contribution in [0, 0.1) is 0 Å². The van der Waals surface area contributed by atoms with E-state index in [-0.39, 0.29) is 5.50 Å². The van der Waals surface area contributed by atoms with Gasteiger partial charge in [-0.2, -0.15) is 0 Å². The molecule has 1 aliphatic heterocycles. The summed E-state index contributed by atoms with van der Waals surface area (Å²) in [5, 5.41) is 2.83. The van der Waals surface area contributed by atoms with Gasteiger partial charge in [0.15, 0.2) is 5.50 Å². The molecule has 4 heteroatoms. The Morgan fingerprint density at radius 1 is 1.88 bits per heavy atom. The van der Waals surface area contributed by atoms with Crippen LogP contribution >= 0.6 is 12.6 Å². The average Bonchev–Trinajstić information content (AvgIpc) is 1.64. The van der Waals surface area contributed by atoms with Crippen molar-refractivity contribution in [1.29, 1.82) is 0 Å². The zero-order valence-electron chi connectivity index (χ0n) is 4.20. The van der Waals surface area contributed by atoms with Crippen LogP contribution in [0.3, 0.4) is 0 Å². The number of amidine groups is 1.